The molecule has 1 heterocycles. The molecule has 35 heavy (non-hydrogen) atoms. The minimum Gasteiger partial charge on any atom is -0.376 e. The van der Waals surface area contributed by atoms with Crippen molar-refractivity contribution in [2.45, 2.75) is 44.9 Å². The predicted molar refractivity (Wildman–Crippen MR) is 137 cm³/mol. The summed E-state index contributed by atoms with van der Waals surface area (Å²) < 4.78 is 39.1. The molecule has 0 spiro atoms. The molecule has 0 aromatic heterocycles. The van der Waals surface area contributed by atoms with E-state index in [0.717, 1.165) is 43.6 Å². The van der Waals surface area contributed by atoms with Gasteiger partial charge in [0, 0.05) is 42.8 Å². The quantitative estimate of drug-likeness (QED) is 0.384. The molecule has 2 atom stereocenters. The van der Waals surface area contributed by atoms with Crippen molar-refractivity contribution >= 4 is 30.2 Å². The van der Waals surface area contributed by atoms with Crippen molar-refractivity contribution in [2.75, 3.05) is 19.6 Å². The van der Waals surface area contributed by atoms with Gasteiger partial charge < -0.3 is 10.6 Å². The Morgan fingerprint density at radius 3 is 2.54 bits per heavy atom. The summed E-state index contributed by atoms with van der Waals surface area (Å²) in [4.78, 5) is 22.4. The highest BCUT2D eigenvalue weighted by molar-refractivity contribution is 5.82. The van der Waals surface area contributed by atoms with E-state index in [1.165, 1.54) is 12.3 Å². The first kappa shape index (κ1) is 28.0. The molecule has 2 rings (SSSR count). The number of hydrogen-bond donors (Lipinski definition) is 2. The lowest BCUT2D eigenvalue weighted by Gasteiger charge is -2.43. The highest BCUT2D eigenvalue weighted by Crippen LogP contribution is 2.34. The maximum absolute atomic E-state index is 13.0. The third kappa shape index (κ3) is 8.20. The van der Waals surface area contributed by atoms with Crippen molar-refractivity contribution in [3.63, 3.8) is 0 Å². The fourth-order valence-electron chi connectivity index (χ4n) is 3.75. The molecule has 1 aliphatic heterocycles. The van der Waals surface area contributed by atoms with Crippen LogP contribution in [0.2, 0.25) is 0 Å². The summed E-state index contributed by atoms with van der Waals surface area (Å²) in [5.41, 5.74) is 0.733. The molecular formula is C26H34F3N5O. The van der Waals surface area contributed by atoms with Gasteiger partial charge in [0.2, 0.25) is 5.91 Å². The van der Waals surface area contributed by atoms with Gasteiger partial charge in [0.05, 0.1) is 23.8 Å². The average molecular weight is 490 g/mol. The van der Waals surface area contributed by atoms with Crippen molar-refractivity contribution in [1.29, 1.82) is 0 Å². The van der Waals surface area contributed by atoms with Gasteiger partial charge in [0.15, 0.2) is 0 Å². The van der Waals surface area contributed by atoms with Crippen LogP contribution >= 0.6 is 0 Å². The molecule has 0 saturated carbocycles. The number of amides is 1. The van der Waals surface area contributed by atoms with Gasteiger partial charge in [-0.15, -0.1) is 0 Å². The Balaban J connectivity index is 1.76. The molecule has 1 aliphatic rings. The van der Waals surface area contributed by atoms with Crippen LogP contribution in [0.4, 0.5) is 18.9 Å². The van der Waals surface area contributed by atoms with E-state index >= 15 is 0 Å². The van der Waals surface area contributed by atoms with Crippen molar-refractivity contribution in [1.82, 2.24) is 15.5 Å². The summed E-state index contributed by atoms with van der Waals surface area (Å²) >= 11 is 0. The zero-order valence-corrected chi connectivity index (χ0v) is 20.4. The first-order valence-corrected chi connectivity index (χ1v) is 11.4. The number of allylic oxidation sites excluding steroid dienone is 1. The van der Waals surface area contributed by atoms with E-state index < -0.39 is 11.7 Å². The summed E-state index contributed by atoms with van der Waals surface area (Å²) in [7, 11) is 0. The van der Waals surface area contributed by atoms with Gasteiger partial charge in [-0.25, -0.2) is 0 Å². The Labute approximate surface area is 205 Å². The van der Waals surface area contributed by atoms with Gasteiger partial charge in [-0.2, -0.15) is 13.2 Å². The summed E-state index contributed by atoms with van der Waals surface area (Å²) in [5.74, 6) is 0.0701. The molecule has 6 nitrogen and oxygen atoms in total. The number of rotatable bonds is 13. The van der Waals surface area contributed by atoms with Crippen LogP contribution in [-0.4, -0.2) is 55.5 Å². The van der Waals surface area contributed by atoms with E-state index in [1.807, 2.05) is 0 Å². The van der Waals surface area contributed by atoms with Crippen molar-refractivity contribution < 1.29 is 18.0 Å². The maximum Gasteiger partial charge on any atom is 0.416 e. The van der Waals surface area contributed by atoms with E-state index in [2.05, 4.69) is 65.8 Å². The van der Waals surface area contributed by atoms with Gasteiger partial charge in [-0.05, 0) is 56.2 Å². The fraction of sp³-hybridized carbons (Fsp3) is 0.423. The van der Waals surface area contributed by atoms with Crippen molar-refractivity contribution in [2.24, 2.45) is 15.9 Å². The predicted octanol–water partition coefficient (Wildman–Crippen LogP) is 4.97. The second-order valence-electron chi connectivity index (χ2n) is 8.80. The Hall–Kier alpha value is -3.20. The van der Waals surface area contributed by atoms with Crippen LogP contribution in [0.1, 0.15) is 37.8 Å². The first-order valence-electron chi connectivity index (χ1n) is 11.4. The number of alkyl halides is 3. The first-order chi connectivity index (χ1) is 16.5. The Kier molecular flexibility index (Phi) is 10.0. The van der Waals surface area contributed by atoms with E-state index in [-0.39, 0.29) is 35.4 Å². The number of carbonyl (C=O) groups excluding carboxylic acids is 1. The molecule has 1 saturated heterocycles. The third-order valence-electron chi connectivity index (χ3n) is 6.18. The number of carbonyl (C=O) groups is 1. The number of hydrogen-bond acceptors (Lipinski definition) is 5. The van der Waals surface area contributed by atoms with E-state index in [4.69, 9.17) is 0 Å². The van der Waals surface area contributed by atoms with Crippen LogP contribution < -0.4 is 10.6 Å². The van der Waals surface area contributed by atoms with Crippen molar-refractivity contribution in [3.05, 3.63) is 60.8 Å². The Morgan fingerprint density at radius 1 is 1.26 bits per heavy atom. The molecular weight excluding hydrogens is 455 g/mol. The molecule has 1 aromatic rings. The second-order valence-corrected chi connectivity index (χ2v) is 8.80. The number of likely N-dealkylation sites (tertiary alicyclic amines) is 1. The lowest BCUT2D eigenvalue weighted by molar-refractivity contribution is -0.137. The second kappa shape index (κ2) is 12.5. The smallest absolute Gasteiger partial charge is 0.376 e. The molecule has 9 heteroatoms. The minimum absolute atomic E-state index is 0.0334. The van der Waals surface area contributed by atoms with E-state index in [1.54, 1.807) is 6.21 Å². The van der Waals surface area contributed by atoms with Gasteiger partial charge >= 0.3 is 6.18 Å². The molecule has 0 aliphatic carbocycles. The van der Waals surface area contributed by atoms with Gasteiger partial charge in [-0.3, -0.25) is 19.7 Å². The maximum atomic E-state index is 13.0. The van der Waals surface area contributed by atoms with Crippen LogP contribution in [0, 0.1) is 5.92 Å². The topological polar surface area (TPSA) is 69.1 Å². The summed E-state index contributed by atoms with van der Waals surface area (Å²) in [6.07, 6.45) is 0.717. The molecule has 0 bridgehead atoms. The number of halogens is 3. The highest BCUT2D eigenvalue weighted by Gasteiger charge is 2.32. The van der Waals surface area contributed by atoms with Gasteiger partial charge in [0.1, 0.15) is 0 Å². The zero-order chi connectivity index (χ0) is 26.2. The van der Waals surface area contributed by atoms with E-state index in [9.17, 15) is 18.0 Å². The summed E-state index contributed by atoms with van der Waals surface area (Å²) in [6.45, 7) is 20.4. The van der Waals surface area contributed by atoms with Crippen LogP contribution in [-0.2, 0) is 11.0 Å². The summed E-state index contributed by atoms with van der Waals surface area (Å²) in [5, 5.41) is 5.73. The van der Waals surface area contributed by atoms with E-state index in [0.29, 0.717) is 12.0 Å². The highest BCUT2D eigenvalue weighted by atomic mass is 19.4. The standard InChI is InChI=1S/C26H34F3N5O/c1-7-31-13-18(3)17(2)8-9-19(4)34-15-22(16-34)33-25(35)14-32-20(5)23-12-21(26(27,28)29)10-11-24(23)30-6/h7,10-13,17,19,22,32H,1,3,5-6,8-9,14-16H2,2,4H3,(H,33,35). The van der Waals surface area contributed by atoms with Crippen LogP contribution in [0.3, 0.4) is 0 Å². The molecule has 2 N–H and O–H groups in total. The number of aliphatic imine (C=N–C) groups is 2. The zero-order valence-electron chi connectivity index (χ0n) is 20.4. The average Bonchev–Trinajstić information content (AvgIpc) is 2.79. The molecule has 0 radical (unpaired) electrons. The monoisotopic (exact) mass is 489 g/mol. The SMILES string of the molecule is C=CN=CC(=C)C(C)CCC(C)N1CC(NC(=O)CNC(=C)c2cc(C(F)(F)F)ccc2N=C)C1. The molecule has 1 aromatic carbocycles. The molecule has 190 valence electrons. The van der Waals surface area contributed by atoms with Crippen LogP contribution in [0.25, 0.3) is 5.70 Å². The largest absolute Gasteiger partial charge is 0.416 e. The van der Waals surface area contributed by atoms with Gasteiger partial charge in [0.25, 0.3) is 0 Å². The Morgan fingerprint density at radius 2 is 1.94 bits per heavy atom. The minimum atomic E-state index is -4.49. The molecule has 2 unspecified atom stereocenters. The van der Waals surface area contributed by atoms with Crippen LogP contribution in [0.15, 0.2) is 59.7 Å². The fourth-order valence-corrected chi connectivity index (χ4v) is 3.75. The molecule has 1 fully saturated rings. The van der Waals surface area contributed by atoms with Gasteiger partial charge in [-0.1, -0.05) is 26.7 Å². The summed E-state index contributed by atoms with van der Waals surface area (Å²) in [6, 6.07) is 3.52. The molecule has 1 amide bonds. The normalized spacial score (nSPS) is 16.3. The number of benzene rings is 1. The van der Waals surface area contributed by atoms with Crippen molar-refractivity contribution in [3.8, 4) is 0 Å². The number of nitrogens with zero attached hydrogens (tertiary/aromatic N) is 3. The number of nitrogens with one attached hydrogen (secondary N) is 2. The lowest BCUT2D eigenvalue weighted by Crippen LogP contribution is -2.62. The Bertz CT molecular complexity index is 980. The third-order valence-corrected chi connectivity index (χ3v) is 6.18. The lowest BCUT2D eigenvalue weighted by atomic mass is 9.94. The van der Waals surface area contributed by atoms with Crippen LogP contribution in [0.5, 0.6) is 0 Å².